The standard InChI is InChI=1S/C33H52N4O9S/c1-21(2)18-24(16-17-47(10,43)44)35-28(39)22(3)34-29(40)25(36-31(42)45-20-23-14-12-11-13-15-23)19-26(38)37-27(32(4,5)6)30(41)46-33(7,8)9/h11-17,21-22,24-25,27H,18-20H2,1-10H3,(H,34,40)(H,35,39)(H,36,42)(H,37,38)/b17-16+/t22-,24+,25-,27+/m0/s1. The summed E-state index contributed by atoms with van der Waals surface area (Å²) >= 11 is 0. The van der Waals surface area contributed by atoms with Crippen LogP contribution in [0, 0.1) is 11.3 Å². The van der Waals surface area contributed by atoms with E-state index in [0.29, 0.717) is 12.0 Å². The lowest BCUT2D eigenvalue weighted by molar-refractivity contribution is -0.161. The van der Waals surface area contributed by atoms with Gasteiger partial charge in [-0.3, -0.25) is 14.4 Å². The van der Waals surface area contributed by atoms with E-state index >= 15 is 0 Å². The third kappa shape index (κ3) is 17.5. The summed E-state index contributed by atoms with van der Waals surface area (Å²) in [6.07, 6.45) is 1.26. The molecule has 4 N–H and O–H groups in total. The molecule has 0 unspecified atom stereocenters. The molecule has 4 atom stereocenters. The lowest BCUT2D eigenvalue weighted by Gasteiger charge is -2.32. The third-order valence-corrected chi connectivity index (χ3v) is 7.04. The molecular weight excluding hydrogens is 628 g/mol. The van der Waals surface area contributed by atoms with Crippen molar-refractivity contribution < 1.29 is 41.9 Å². The van der Waals surface area contributed by atoms with Crippen LogP contribution in [0.2, 0.25) is 0 Å². The van der Waals surface area contributed by atoms with Gasteiger partial charge in [-0.25, -0.2) is 18.0 Å². The average Bonchev–Trinajstić information content (AvgIpc) is 2.91. The van der Waals surface area contributed by atoms with Gasteiger partial charge < -0.3 is 30.7 Å². The third-order valence-electron chi connectivity index (χ3n) is 6.39. The van der Waals surface area contributed by atoms with Crippen LogP contribution in [0.25, 0.3) is 0 Å². The number of carbonyl (C=O) groups is 5. The van der Waals surface area contributed by atoms with Gasteiger partial charge in [0.2, 0.25) is 17.7 Å². The highest BCUT2D eigenvalue weighted by Gasteiger charge is 2.37. The Bertz CT molecular complexity index is 1360. The lowest BCUT2D eigenvalue weighted by Crippen LogP contribution is -2.56. The molecule has 0 aliphatic heterocycles. The predicted molar refractivity (Wildman–Crippen MR) is 178 cm³/mol. The molecule has 13 nitrogen and oxygen atoms in total. The zero-order valence-electron chi connectivity index (χ0n) is 29.1. The molecule has 0 bridgehead atoms. The van der Waals surface area contributed by atoms with Crippen LogP contribution in [-0.4, -0.2) is 74.2 Å². The summed E-state index contributed by atoms with van der Waals surface area (Å²) in [7, 11) is -3.44. The second kappa shape index (κ2) is 17.8. The number of amides is 4. The summed E-state index contributed by atoms with van der Waals surface area (Å²) in [6.45, 7) is 15.4. The Morgan fingerprint density at radius 3 is 1.96 bits per heavy atom. The van der Waals surface area contributed by atoms with Crippen LogP contribution in [0.15, 0.2) is 41.8 Å². The van der Waals surface area contributed by atoms with Crippen molar-refractivity contribution in [2.75, 3.05) is 6.26 Å². The minimum absolute atomic E-state index is 0.102. The van der Waals surface area contributed by atoms with E-state index < -0.39 is 81.2 Å². The highest BCUT2D eigenvalue weighted by Crippen LogP contribution is 2.23. The Kier molecular flexibility index (Phi) is 15.6. The summed E-state index contributed by atoms with van der Waals surface area (Å²) in [5.74, 6) is -2.77. The van der Waals surface area contributed by atoms with Gasteiger partial charge in [0.15, 0.2) is 9.84 Å². The van der Waals surface area contributed by atoms with Crippen LogP contribution in [0.3, 0.4) is 0 Å². The maximum absolute atomic E-state index is 13.4. The van der Waals surface area contributed by atoms with Gasteiger partial charge in [0, 0.05) is 17.7 Å². The number of hydrogen-bond acceptors (Lipinski definition) is 9. The summed E-state index contributed by atoms with van der Waals surface area (Å²) in [4.78, 5) is 65.3. The van der Waals surface area contributed by atoms with Crippen LogP contribution in [0.1, 0.15) is 80.7 Å². The van der Waals surface area contributed by atoms with E-state index in [-0.39, 0.29) is 12.5 Å². The molecule has 1 aromatic rings. The maximum atomic E-state index is 13.4. The molecule has 1 rings (SSSR count). The molecule has 0 aromatic heterocycles. The van der Waals surface area contributed by atoms with Crippen LogP contribution in [0.4, 0.5) is 4.79 Å². The number of ether oxygens (including phenoxy) is 2. The largest absolute Gasteiger partial charge is 0.458 e. The van der Waals surface area contributed by atoms with Gasteiger partial charge in [-0.1, -0.05) is 71.0 Å². The molecule has 0 aliphatic rings. The number of carbonyl (C=O) groups excluding carboxylic acids is 5. The fourth-order valence-electron chi connectivity index (χ4n) is 4.13. The monoisotopic (exact) mass is 680 g/mol. The van der Waals surface area contributed by atoms with E-state index in [1.54, 1.807) is 71.9 Å². The van der Waals surface area contributed by atoms with Crippen LogP contribution < -0.4 is 21.3 Å². The van der Waals surface area contributed by atoms with Gasteiger partial charge >= 0.3 is 12.1 Å². The van der Waals surface area contributed by atoms with Gasteiger partial charge in [0.05, 0.1) is 6.42 Å². The van der Waals surface area contributed by atoms with Gasteiger partial charge in [0.25, 0.3) is 0 Å². The molecule has 0 radical (unpaired) electrons. The van der Waals surface area contributed by atoms with E-state index in [4.69, 9.17) is 9.47 Å². The van der Waals surface area contributed by atoms with Crippen molar-refractivity contribution in [3.8, 4) is 0 Å². The number of sulfone groups is 1. The zero-order valence-corrected chi connectivity index (χ0v) is 29.9. The van der Waals surface area contributed by atoms with Crippen molar-refractivity contribution in [3.05, 3.63) is 47.4 Å². The number of esters is 1. The van der Waals surface area contributed by atoms with Crippen LogP contribution in [0.5, 0.6) is 0 Å². The van der Waals surface area contributed by atoms with Crippen molar-refractivity contribution in [1.82, 2.24) is 21.3 Å². The van der Waals surface area contributed by atoms with Crippen molar-refractivity contribution in [2.24, 2.45) is 11.3 Å². The Morgan fingerprint density at radius 2 is 1.45 bits per heavy atom. The zero-order chi connectivity index (χ0) is 36.2. The van der Waals surface area contributed by atoms with Crippen LogP contribution in [-0.2, 0) is 45.1 Å². The molecule has 47 heavy (non-hydrogen) atoms. The minimum Gasteiger partial charge on any atom is -0.458 e. The second-order valence-electron chi connectivity index (χ2n) is 14.0. The molecule has 0 saturated heterocycles. The van der Waals surface area contributed by atoms with Gasteiger partial charge in [-0.2, -0.15) is 0 Å². The number of benzene rings is 1. The van der Waals surface area contributed by atoms with E-state index in [1.807, 2.05) is 13.8 Å². The highest BCUT2D eigenvalue weighted by atomic mass is 32.2. The van der Waals surface area contributed by atoms with E-state index in [2.05, 4.69) is 21.3 Å². The first kappa shape index (κ1) is 41.1. The molecule has 0 spiro atoms. The fraction of sp³-hybridized carbons (Fsp3) is 0.606. The van der Waals surface area contributed by atoms with Crippen molar-refractivity contribution >= 4 is 39.6 Å². The maximum Gasteiger partial charge on any atom is 0.408 e. The normalized spacial score (nSPS) is 14.8. The second-order valence-corrected chi connectivity index (χ2v) is 15.9. The first-order chi connectivity index (χ1) is 21.5. The Labute approximate surface area is 278 Å². The summed E-state index contributed by atoms with van der Waals surface area (Å²) in [5, 5.41) is 11.2. The predicted octanol–water partition coefficient (Wildman–Crippen LogP) is 3.14. The van der Waals surface area contributed by atoms with Gasteiger partial charge in [-0.15, -0.1) is 0 Å². The molecule has 0 heterocycles. The fourth-order valence-corrected chi connectivity index (χ4v) is 4.60. The van der Waals surface area contributed by atoms with Crippen molar-refractivity contribution in [1.29, 1.82) is 0 Å². The Hall–Kier alpha value is -3.94. The highest BCUT2D eigenvalue weighted by molar-refractivity contribution is 7.93. The summed E-state index contributed by atoms with van der Waals surface area (Å²) < 4.78 is 34.0. The Balaban J connectivity index is 3.15. The Morgan fingerprint density at radius 1 is 0.851 bits per heavy atom. The van der Waals surface area contributed by atoms with E-state index in [9.17, 15) is 32.4 Å². The molecule has 0 fully saturated rings. The molecular formula is C33H52N4O9S. The molecule has 0 saturated carbocycles. The van der Waals surface area contributed by atoms with Gasteiger partial charge in [-0.05, 0) is 51.0 Å². The van der Waals surface area contributed by atoms with E-state index in [0.717, 1.165) is 11.7 Å². The molecule has 1 aromatic carbocycles. The lowest BCUT2D eigenvalue weighted by atomic mass is 9.86. The van der Waals surface area contributed by atoms with Crippen molar-refractivity contribution in [2.45, 2.75) is 112 Å². The van der Waals surface area contributed by atoms with Gasteiger partial charge in [0.1, 0.15) is 30.3 Å². The summed E-state index contributed by atoms with van der Waals surface area (Å²) in [6, 6.07) is 4.47. The quantitative estimate of drug-likeness (QED) is 0.202. The average molecular weight is 681 g/mol. The first-order valence-corrected chi connectivity index (χ1v) is 17.4. The number of hydrogen-bond donors (Lipinski definition) is 4. The summed E-state index contributed by atoms with van der Waals surface area (Å²) in [5.41, 5.74) is -0.885. The molecule has 0 aliphatic carbocycles. The number of alkyl carbamates (subject to hydrolysis) is 1. The first-order valence-electron chi connectivity index (χ1n) is 15.4. The van der Waals surface area contributed by atoms with Crippen LogP contribution >= 0.6 is 0 Å². The topological polar surface area (TPSA) is 186 Å². The SMILES string of the molecule is CC(C)C[C@@H](/C=C/S(C)(=O)=O)NC(=O)[C@H](C)NC(=O)[C@H](CC(=O)N[C@H](C(=O)OC(C)(C)C)C(C)(C)C)NC(=O)OCc1ccccc1. The molecule has 4 amide bonds. The smallest absolute Gasteiger partial charge is 0.408 e. The minimum atomic E-state index is -3.44. The van der Waals surface area contributed by atoms with Crippen molar-refractivity contribution in [3.63, 3.8) is 0 Å². The number of nitrogens with one attached hydrogen (secondary N) is 4. The number of rotatable bonds is 15. The molecule has 14 heteroatoms. The molecule has 264 valence electrons. The van der Waals surface area contributed by atoms with E-state index in [1.165, 1.54) is 13.0 Å².